The van der Waals surface area contributed by atoms with Gasteiger partial charge in [-0.1, -0.05) is 41.1 Å². The molecule has 0 saturated carbocycles. The Labute approximate surface area is 165 Å². The summed E-state index contributed by atoms with van der Waals surface area (Å²) in [6.07, 6.45) is 1.74. The second-order valence-corrected chi connectivity index (χ2v) is 7.95. The number of nitrogens with zero attached hydrogens (tertiary/aromatic N) is 2. The molecule has 4 nitrogen and oxygen atoms in total. The van der Waals surface area contributed by atoms with Gasteiger partial charge in [0.05, 0.1) is 33.5 Å². The smallest absolute Gasteiger partial charge is 0.263 e. The molecule has 3 aromatic rings. The summed E-state index contributed by atoms with van der Waals surface area (Å²) in [5.41, 5.74) is 1.77. The number of rotatable bonds is 4. The lowest BCUT2D eigenvalue weighted by molar-refractivity contribution is 0.0914. The maximum atomic E-state index is 14.2. The number of benzene rings is 2. The van der Waals surface area contributed by atoms with Crippen molar-refractivity contribution >= 4 is 44.2 Å². The van der Waals surface area contributed by atoms with Crippen LogP contribution in [0.15, 0.2) is 36.4 Å². The number of hydrogen-bond acceptors (Lipinski definition) is 4. The minimum Gasteiger partial charge on any atom is -0.376 e. The maximum absolute atomic E-state index is 14.2. The molecule has 0 N–H and O–H groups in total. The predicted octanol–water partition coefficient (Wildman–Crippen LogP) is 5.22. The van der Waals surface area contributed by atoms with Crippen LogP contribution in [0.4, 0.5) is 9.52 Å². The van der Waals surface area contributed by atoms with Crippen LogP contribution in [0, 0.1) is 12.7 Å². The molecule has 0 spiro atoms. The van der Waals surface area contributed by atoms with Crippen molar-refractivity contribution in [3.8, 4) is 0 Å². The van der Waals surface area contributed by atoms with Crippen LogP contribution < -0.4 is 4.90 Å². The zero-order valence-corrected chi connectivity index (χ0v) is 16.3. The Morgan fingerprint density at radius 3 is 2.89 bits per heavy atom. The summed E-state index contributed by atoms with van der Waals surface area (Å²) in [6.45, 7) is 2.96. The van der Waals surface area contributed by atoms with Gasteiger partial charge in [0.2, 0.25) is 0 Å². The third kappa shape index (κ3) is 3.57. The Hall–Kier alpha value is -2.02. The average Bonchev–Trinajstić information content (AvgIpc) is 3.33. The van der Waals surface area contributed by atoms with Crippen molar-refractivity contribution in [1.29, 1.82) is 0 Å². The molecule has 1 atom stereocenters. The van der Waals surface area contributed by atoms with E-state index in [-0.39, 0.29) is 11.7 Å². The van der Waals surface area contributed by atoms with E-state index in [0.717, 1.165) is 28.6 Å². The first-order chi connectivity index (χ1) is 13.0. The summed E-state index contributed by atoms with van der Waals surface area (Å²) in [5, 5.41) is 1.10. The standard InChI is InChI=1S/C20H18ClFN2O2S/c1-12-8-9-15(21)18-17(12)23-20(27-18)24(11-13-5-4-10-26-13)19(25)14-6-2-3-7-16(14)22/h2-3,6-9,13H,4-5,10-11H2,1H3. The molecule has 1 aromatic heterocycles. The van der Waals surface area contributed by atoms with Crippen molar-refractivity contribution in [1.82, 2.24) is 4.98 Å². The van der Waals surface area contributed by atoms with E-state index in [4.69, 9.17) is 16.3 Å². The van der Waals surface area contributed by atoms with E-state index in [1.54, 1.807) is 12.1 Å². The van der Waals surface area contributed by atoms with Gasteiger partial charge >= 0.3 is 0 Å². The van der Waals surface area contributed by atoms with Crippen molar-refractivity contribution in [2.24, 2.45) is 0 Å². The van der Waals surface area contributed by atoms with Gasteiger partial charge in [0, 0.05) is 6.61 Å². The normalized spacial score (nSPS) is 16.8. The van der Waals surface area contributed by atoms with E-state index < -0.39 is 11.7 Å². The molecule has 2 aromatic carbocycles. The van der Waals surface area contributed by atoms with E-state index in [1.165, 1.54) is 28.4 Å². The number of aromatic nitrogens is 1. The van der Waals surface area contributed by atoms with Crippen LogP contribution in [0.5, 0.6) is 0 Å². The van der Waals surface area contributed by atoms with Crippen LogP contribution in [0.2, 0.25) is 5.02 Å². The molecule has 2 heterocycles. The fourth-order valence-electron chi connectivity index (χ4n) is 3.23. The molecule has 140 valence electrons. The Morgan fingerprint density at radius 1 is 1.37 bits per heavy atom. The molecule has 0 aliphatic carbocycles. The highest BCUT2D eigenvalue weighted by Crippen LogP contribution is 2.36. The molecule has 27 heavy (non-hydrogen) atoms. The zero-order valence-electron chi connectivity index (χ0n) is 14.7. The number of carbonyl (C=O) groups excluding carboxylic acids is 1. The van der Waals surface area contributed by atoms with Gasteiger partial charge in [-0.2, -0.15) is 0 Å². The molecule has 1 amide bonds. The fourth-order valence-corrected chi connectivity index (χ4v) is 4.55. The summed E-state index contributed by atoms with van der Waals surface area (Å²) in [6, 6.07) is 9.72. The minimum absolute atomic E-state index is 0.0255. The van der Waals surface area contributed by atoms with E-state index >= 15 is 0 Å². The number of ether oxygens (including phenoxy) is 1. The van der Waals surface area contributed by atoms with Crippen LogP contribution in [0.25, 0.3) is 10.2 Å². The lowest BCUT2D eigenvalue weighted by Crippen LogP contribution is -2.37. The molecule has 1 aliphatic rings. The first-order valence-electron chi connectivity index (χ1n) is 8.78. The summed E-state index contributed by atoms with van der Waals surface area (Å²) in [5.74, 6) is -0.966. The zero-order chi connectivity index (χ0) is 19.0. The molecule has 1 aliphatic heterocycles. The Kier molecular flexibility index (Phi) is 5.12. The summed E-state index contributed by atoms with van der Waals surface area (Å²) < 4.78 is 20.8. The number of aryl methyl sites for hydroxylation is 1. The van der Waals surface area contributed by atoms with E-state index in [9.17, 15) is 9.18 Å². The number of thiazole rings is 1. The van der Waals surface area contributed by atoms with E-state index in [2.05, 4.69) is 4.98 Å². The van der Waals surface area contributed by atoms with Gasteiger partial charge in [-0.25, -0.2) is 9.37 Å². The van der Waals surface area contributed by atoms with Crippen molar-refractivity contribution in [2.45, 2.75) is 25.9 Å². The number of amides is 1. The van der Waals surface area contributed by atoms with Crippen LogP contribution in [0.3, 0.4) is 0 Å². The Balaban J connectivity index is 1.78. The van der Waals surface area contributed by atoms with Gasteiger partial charge in [-0.05, 0) is 43.5 Å². The molecule has 1 fully saturated rings. The quantitative estimate of drug-likeness (QED) is 0.598. The van der Waals surface area contributed by atoms with Gasteiger partial charge < -0.3 is 4.74 Å². The van der Waals surface area contributed by atoms with E-state index in [1.807, 2.05) is 19.1 Å². The molecule has 7 heteroatoms. The minimum atomic E-state index is -0.546. The highest BCUT2D eigenvalue weighted by atomic mass is 35.5. The third-order valence-corrected chi connectivity index (χ3v) is 6.22. The third-order valence-electron chi connectivity index (χ3n) is 4.68. The molecular weight excluding hydrogens is 387 g/mol. The number of halogens is 2. The monoisotopic (exact) mass is 404 g/mol. The Bertz CT molecular complexity index is 962. The lowest BCUT2D eigenvalue weighted by atomic mass is 10.1. The number of carbonyl (C=O) groups is 1. The summed E-state index contributed by atoms with van der Waals surface area (Å²) >= 11 is 7.66. The first-order valence-corrected chi connectivity index (χ1v) is 9.97. The lowest BCUT2D eigenvalue weighted by Gasteiger charge is -2.23. The van der Waals surface area contributed by atoms with Gasteiger partial charge in [0.1, 0.15) is 5.82 Å². The molecule has 4 rings (SSSR count). The second kappa shape index (κ2) is 7.54. The topological polar surface area (TPSA) is 42.4 Å². The Morgan fingerprint density at radius 2 is 2.19 bits per heavy atom. The second-order valence-electron chi connectivity index (χ2n) is 6.57. The summed E-state index contributed by atoms with van der Waals surface area (Å²) in [7, 11) is 0. The first kappa shape index (κ1) is 18.3. The largest absolute Gasteiger partial charge is 0.376 e. The molecule has 1 unspecified atom stereocenters. The van der Waals surface area contributed by atoms with Crippen LogP contribution in [0.1, 0.15) is 28.8 Å². The fraction of sp³-hybridized carbons (Fsp3) is 0.300. The molecule has 1 saturated heterocycles. The van der Waals surface area contributed by atoms with Crippen LogP contribution in [-0.2, 0) is 4.74 Å². The average molecular weight is 405 g/mol. The molecule has 0 radical (unpaired) electrons. The van der Waals surface area contributed by atoms with Crippen molar-refractivity contribution in [3.05, 3.63) is 58.4 Å². The number of fused-ring (bicyclic) bond motifs is 1. The highest BCUT2D eigenvalue weighted by molar-refractivity contribution is 7.23. The van der Waals surface area contributed by atoms with Gasteiger partial charge in [-0.15, -0.1) is 0 Å². The summed E-state index contributed by atoms with van der Waals surface area (Å²) in [4.78, 5) is 19.3. The van der Waals surface area contributed by atoms with Crippen molar-refractivity contribution in [3.63, 3.8) is 0 Å². The van der Waals surface area contributed by atoms with Gasteiger partial charge in [0.25, 0.3) is 5.91 Å². The van der Waals surface area contributed by atoms with Gasteiger partial charge in [-0.3, -0.25) is 9.69 Å². The number of anilines is 1. The SMILES string of the molecule is Cc1ccc(Cl)c2sc(N(CC3CCCO3)C(=O)c3ccccc3F)nc12. The van der Waals surface area contributed by atoms with Crippen molar-refractivity contribution < 1.29 is 13.9 Å². The van der Waals surface area contributed by atoms with E-state index in [0.29, 0.717) is 23.3 Å². The van der Waals surface area contributed by atoms with Gasteiger partial charge in [0.15, 0.2) is 5.13 Å². The number of hydrogen-bond donors (Lipinski definition) is 0. The maximum Gasteiger partial charge on any atom is 0.263 e. The predicted molar refractivity (Wildman–Crippen MR) is 106 cm³/mol. The van der Waals surface area contributed by atoms with Crippen molar-refractivity contribution in [2.75, 3.05) is 18.1 Å². The molecular formula is C20H18ClFN2O2S. The molecule has 0 bridgehead atoms. The van der Waals surface area contributed by atoms with Crippen LogP contribution >= 0.6 is 22.9 Å². The van der Waals surface area contributed by atoms with Crippen LogP contribution in [-0.4, -0.2) is 30.1 Å². The highest BCUT2D eigenvalue weighted by Gasteiger charge is 2.28.